The Morgan fingerprint density at radius 3 is 2.19 bits per heavy atom. The van der Waals surface area contributed by atoms with Gasteiger partial charge in [-0.3, -0.25) is 14.3 Å². The molecule has 4 rings (SSSR count). The average Bonchev–Trinajstić information content (AvgIpc) is 2.71. The summed E-state index contributed by atoms with van der Waals surface area (Å²) in [5, 5.41) is 0. The lowest BCUT2D eigenvalue weighted by molar-refractivity contribution is 0.472. The van der Waals surface area contributed by atoms with Gasteiger partial charge in [0.2, 0.25) is 0 Å². The summed E-state index contributed by atoms with van der Waals surface area (Å²) in [5.41, 5.74) is 2.13. The van der Waals surface area contributed by atoms with Crippen LogP contribution in [0.5, 0.6) is 11.5 Å². The van der Waals surface area contributed by atoms with E-state index in [2.05, 4.69) is 4.98 Å². The van der Waals surface area contributed by atoms with Crippen LogP contribution < -0.4 is 10.3 Å². The predicted molar refractivity (Wildman–Crippen MR) is 102 cm³/mol. The maximum Gasteiger partial charge on any atom is 0.298 e. The van der Waals surface area contributed by atoms with Gasteiger partial charge in [0.1, 0.15) is 5.75 Å². The van der Waals surface area contributed by atoms with E-state index in [0.717, 1.165) is 16.9 Å². The minimum Gasteiger partial charge on any atom is -0.452 e. The van der Waals surface area contributed by atoms with Crippen molar-refractivity contribution < 1.29 is 4.74 Å². The summed E-state index contributed by atoms with van der Waals surface area (Å²) in [4.78, 5) is 17.4. The zero-order valence-corrected chi connectivity index (χ0v) is 13.9. The van der Waals surface area contributed by atoms with E-state index >= 15 is 0 Å². The molecule has 0 aliphatic heterocycles. The van der Waals surface area contributed by atoms with E-state index in [1.165, 1.54) is 0 Å². The Bertz CT molecular complexity index is 1060. The number of hydrogen-bond donors (Lipinski definition) is 0. The highest BCUT2D eigenvalue weighted by atomic mass is 16.5. The molecule has 26 heavy (non-hydrogen) atoms. The molecule has 0 aliphatic carbocycles. The predicted octanol–water partition coefficient (Wildman–Crippen LogP) is 4.69. The molecular weight excluding hydrogens is 324 g/mol. The molecule has 0 unspecified atom stereocenters. The van der Waals surface area contributed by atoms with Crippen LogP contribution in [0.15, 0.2) is 102 Å². The third-order valence-electron chi connectivity index (χ3n) is 3.95. The summed E-state index contributed by atoms with van der Waals surface area (Å²) in [6.45, 7) is 0. The lowest BCUT2D eigenvalue weighted by Gasteiger charge is -2.12. The maximum atomic E-state index is 13.0. The molecule has 2 heterocycles. The first-order valence-electron chi connectivity index (χ1n) is 8.28. The van der Waals surface area contributed by atoms with Crippen molar-refractivity contribution in [2.75, 3.05) is 0 Å². The van der Waals surface area contributed by atoms with Crippen molar-refractivity contribution in [1.82, 2.24) is 9.55 Å². The Balaban J connectivity index is 1.89. The third kappa shape index (κ3) is 3.26. The molecule has 4 heteroatoms. The number of ether oxygens (including phenoxy) is 1. The van der Waals surface area contributed by atoms with Gasteiger partial charge >= 0.3 is 0 Å². The molecule has 0 saturated carbocycles. The van der Waals surface area contributed by atoms with E-state index in [1.54, 1.807) is 23.0 Å². The second-order valence-corrected chi connectivity index (χ2v) is 5.73. The van der Waals surface area contributed by atoms with Crippen molar-refractivity contribution >= 4 is 0 Å². The van der Waals surface area contributed by atoms with E-state index in [4.69, 9.17) is 4.74 Å². The molecule has 0 spiro atoms. The molecule has 0 N–H and O–H groups in total. The van der Waals surface area contributed by atoms with E-state index in [1.807, 2.05) is 78.9 Å². The fourth-order valence-corrected chi connectivity index (χ4v) is 2.70. The van der Waals surface area contributed by atoms with Gasteiger partial charge in [-0.2, -0.15) is 0 Å². The van der Waals surface area contributed by atoms with Crippen LogP contribution in [0.4, 0.5) is 0 Å². The number of hydrogen-bond acceptors (Lipinski definition) is 3. The van der Waals surface area contributed by atoms with Gasteiger partial charge in [-0.1, -0.05) is 42.5 Å². The topological polar surface area (TPSA) is 44.1 Å². The van der Waals surface area contributed by atoms with Gasteiger partial charge in [-0.25, -0.2) is 0 Å². The highest BCUT2D eigenvalue weighted by Crippen LogP contribution is 2.24. The molecule has 0 radical (unpaired) electrons. The van der Waals surface area contributed by atoms with Gasteiger partial charge < -0.3 is 4.74 Å². The minimum absolute atomic E-state index is 0.222. The van der Waals surface area contributed by atoms with E-state index < -0.39 is 0 Å². The van der Waals surface area contributed by atoms with Crippen molar-refractivity contribution in [3.05, 3.63) is 108 Å². The smallest absolute Gasteiger partial charge is 0.298 e. The Hall–Kier alpha value is -3.66. The highest BCUT2D eigenvalue weighted by Gasteiger charge is 2.12. The van der Waals surface area contributed by atoms with Gasteiger partial charge in [0.05, 0.1) is 5.69 Å². The first kappa shape index (κ1) is 15.8. The second-order valence-electron chi connectivity index (χ2n) is 5.73. The SMILES string of the molecule is O=c1c(Oc2ccccc2)cc(-c2ccccn2)cn1-c1ccccc1. The number of aromatic nitrogens is 2. The molecule has 2 aromatic carbocycles. The van der Waals surface area contributed by atoms with Crippen LogP contribution in [0.3, 0.4) is 0 Å². The number of para-hydroxylation sites is 2. The number of benzene rings is 2. The fourth-order valence-electron chi connectivity index (χ4n) is 2.70. The summed E-state index contributed by atoms with van der Waals surface area (Å²) in [6.07, 6.45) is 3.52. The Labute approximate surface area is 151 Å². The lowest BCUT2D eigenvalue weighted by Crippen LogP contribution is -2.19. The molecule has 0 amide bonds. The second kappa shape index (κ2) is 7.07. The Morgan fingerprint density at radius 1 is 0.808 bits per heavy atom. The van der Waals surface area contributed by atoms with Gasteiger partial charge in [-0.15, -0.1) is 0 Å². The summed E-state index contributed by atoms with van der Waals surface area (Å²) in [5.74, 6) is 0.866. The minimum atomic E-state index is -0.222. The molecule has 4 nitrogen and oxygen atoms in total. The summed E-state index contributed by atoms with van der Waals surface area (Å²) in [7, 11) is 0. The molecule has 0 atom stereocenters. The average molecular weight is 340 g/mol. The quantitative estimate of drug-likeness (QED) is 0.541. The molecule has 2 aromatic heterocycles. The first-order valence-corrected chi connectivity index (χ1v) is 8.28. The number of rotatable bonds is 4. The fraction of sp³-hybridized carbons (Fsp3) is 0. The molecular formula is C22H16N2O2. The third-order valence-corrected chi connectivity index (χ3v) is 3.95. The summed E-state index contributed by atoms with van der Waals surface area (Å²) in [6, 6.07) is 26.2. The number of pyridine rings is 2. The lowest BCUT2D eigenvalue weighted by atomic mass is 10.1. The standard InChI is InChI=1S/C22H16N2O2/c25-22-21(26-19-11-5-2-6-12-19)15-17(20-13-7-8-14-23-20)16-24(22)18-9-3-1-4-10-18/h1-16H. The van der Waals surface area contributed by atoms with E-state index in [0.29, 0.717) is 5.75 Å². The van der Waals surface area contributed by atoms with Crippen LogP contribution in [0, 0.1) is 0 Å². The van der Waals surface area contributed by atoms with Crippen LogP contribution in [0.25, 0.3) is 16.9 Å². The maximum absolute atomic E-state index is 13.0. The van der Waals surface area contributed by atoms with Crippen LogP contribution in [-0.2, 0) is 0 Å². The Kier molecular flexibility index (Phi) is 4.31. The van der Waals surface area contributed by atoms with Crippen LogP contribution in [0.2, 0.25) is 0 Å². The van der Waals surface area contributed by atoms with Crippen molar-refractivity contribution in [2.45, 2.75) is 0 Å². The molecule has 0 bridgehead atoms. The molecule has 4 aromatic rings. The normalized spacial score (nSPS) is 10.5. The zero-order chi connectivity index (χ0) is 17.8. The Morgan fingerprint density at radius 2 is 1.50 bits per heavy atom. The molecule has 0 aliphatic rings. The molecule has 126 valence electrons. The van der Waals surface area contributed by atoms with Crippen LogP contribution in [-0.4, -0.2) is 9.55 Å². The van der Waals surface area contributed by atoms with Crippen LogP contribution >= 0.6 is 0 Å². The zero-order valence-electron chi connectivity index (χ0n) is 13.9. The molecule has 0 saturated heterocycles. The van der Waals surface area contributed by atoms with Crippen molar-refractivity contribution in [3.8, 4) is 28.4 Å². The van der Waals surface area contributed by atoms with Crippen molar-refractivity contribution in [1.29, 1.82) is 0 Å². The van der Waals surface area contributed by atoms with Crippen molar-refractivity contribution in [3.63, 3.8) is 0 Å². The van der Waals surface area contributed by atoms with E-state index in [9.17, 15) is 4.79 Å². The summed E-state index contributed by atoms with van der Waals surface area (Å²) < 4.78 is 7.46. The van der Waals surface area contributed by atoms with Gasteiger partial charge in [0.25, 0.3) is 5.56 Å². The summed E-state index contributed by atoms with van der Waals surface area (Å²) >= 11 is 0. The first-order chi connectivity index (χ1) is 12.8. The van der Waals surface area contributed by atoms with Crippen molar-refractivity contribution in [2.24, 2.45) is 0 Å². The number of nitrogens with zero attached hydrogens (tertiary/aromatic N) is 2. The van der Waals surface area contributed by atoms with Gasteiger partial charge in [0.15, 0.2) is 5.75 Å². The monoisotopic (exact) mass is 340 g/mol. The van der Waals surface area contributed by atoms with Gasteiger partial charge in [-0.05, 0) is 42.5 Å². The molecule has 0 fully saturated rings. The van der Waals surface area contributed by atoms with Crippen LogP contribution in [0.1, 0.15) is 0 Å². The van der Waals surface area contributed by atoms with Gasteiger partial charge in [0, 0.05) is 23.6 Å². The van der Waals surface area contributed by atoms with E-state index in [-0.39, 0.29) is 11.3 Å². The largest absolute Gasteiger partial charge is 0.452 e. The highest BCUT2D eigenvalue weighted by molar-refractivity contribution is 5.61.